The highest BCUT2D eigenvalue weighted by Crippen LogP contribution is 2.27. The Morgan fingerprint density at radius 3 is 2.46 bits per heavy atom. The van der Waals surface area contributed by atoms with Crippen LogP contribution in [0, 0.1) is 0 Å². The third-order valence-corrected chi connectivity index (χ3v) is 7.21. The van der Waals surface area contributed by atoms with Gasteiger partial charge >= 0.3 is 0 Å². The number of carbonyl (C=O) groups excluding carboxylic acids is 1. The molecular formula is C27H27Cl2N5O. The molecule has 3 heterocycles. The van der Waals surface area contributed by atoms with Gasteiger partial charge in [0.25, 0.3) is 5.91 Å². The van der Waals surface area contributed by atoms with Crippen LogP contribution in [-0.4, -0.2) is 44.3 Å². The van der Waals surface area contributed by atoms with E-state index in [0.717, 1.165) is 38.2 Å². The predicted molar refractivity (Wildman–Crippen MR) is 140 cm³/mol. The van der Waals surface area contributed by atoms with Gasteiger partial charge in [-0.2, -0.15) is 5.10 Å². The average molecular weight is 508 g/mol. The molecule has 4 aromatic rings. The first-order valence-corrected chi connectivity index (χ1v) is 12.5. The largest absolute Gasteiger partial charge is 0.349 e. The van der Waals surface area contributed by atoms with E-state index in [1.807, 2.05) is 48.1 Å². The molecule has 0 saturated carbocycles. The van der Waals surface area contributed by atoms with E-state index in [0.29, 0.717) is 27.1 Å². The Hall–Kier alpha value is -3.06. The zero-order valence-corrected chi connectivity index (χ0v) is 21.0. The van der Waals surface area contributed by atoms with Crippen LogP contribution < -0.4 is 5.32 Å². The highest BCUT2D eigenvalue weighted by atomic mass is 35.5. The predicted octanol–water partition coefficient (Wildman–Crippen LogP) is 5.58. The van der Waals surface area contributed by atoms with Gasteiger partial charge in [-0.15, -0.1) is 0 Å². The molecule has 1 aliphatic rings. The Labute approximate surface area is 215 Å². The number of benzene rings is 2. The maximum absolute atomic E-state index is 13.4. The van der Waals surface area contributed by atoms with Gasteiger partial charge in [0.2, 0.25) is 0 Å². The number of halogens is 2. The Kier molecular flexibility index (Phi) is 6.95. The number of likely N-dealkylation sites (tertiary alicyclic amines) is 1. The van der Waals surface area contributed by atoms with Gasteiger partial charge in [0, 0.05) is 38.9 Å². The van der Waals surface area contributed by atoms with Crippen LogP contribution in [0.2, 0.25) is 10.0 Å². The van der Waals surface area contributed by atoms with Gasteiger partial charge in [0.1, 0.15) is 11.4 Å². The minimum atomic E-state index is -0.148. The number of nitrogens with zero attached hydrogens (tertiary/aromatic N) is 4. The van der Waals surface area contributed by atoms with Gasteiger partial charge in [-0.3, -0.25) is 9.69 Å². The SMILES string of the molecule is Cn1cccc1-c1cc(C(=O)NC2CCN(Cc3ccccc3)CC2)n(-c2ccc(Cl)c(Cl)c2)n1. The highest BCUT2D eigenvalue weighted by molar-refractivity contribution is 6.42. The van der Waals surface area contributed by atoms with E-state index in [1.54, 1.807) is 16.8 Å². The quantitative estimate of drug-likeness (QED) is 0.370. The first kappa shape index (κ1) is 23.7. The number of piperidine rings is 1. The molecule has 1 N–H and O–H groups in total. The lowest BCUT2D eigenvalue weighted by atomic mass is 10.0. The fraction of sp³-hybridized carbons (Fsp3) is 0.259. The molecule has 0 radical (unpaired) electrons. The molecule has 2 aromatic heterocycles. The molecule has 2 aromatic carbocycles. The van der Waals surface area contributed by atoms with E-state index in [2.05, 4.69) is 34.5 Å². The molecule has 1 saturated heterocycles. The number of hydrogen-bond acceptors (Lipinski definition) is 3. The number of amides is 1. The van der Waals surface area contributed by atoms with Crippen molar-refractivity contribution in [2.45, 2.75) is 25.4 Å². The molecule has 5 rings (SSSR count). The fourth-order valence-corrected chi connectivity index (χ4v) is 4.84. The van der Waals surface area contributed by atoms with Crippen molar-refractivity contribution in [3.05, 3.63) is 94.2 Å². The van der Waals surface area contributed by atoms with E-state index in [9.17, 15) is 4.79 Å². The summed E-state index contributed by atoms with van der Waals surface area (Å²) in [5.74, 6) is -0.148. The van der Waals surface area contributed by atoms with Crippen LogP contribution in [0.1, 0.15) is 28.9 Å². The van der Waals surface area contributed by atoms with E-state index in [4.69, 9.17) is 28.3 Å². The zero-order valence-electron chi connectivity index (χ0n) is 19.5. The van der Waals surface area contributed by atoms with Crippen LogP contribution in [0.5, 0.6) is 0 Å². The van der Waals surface area contributed by atoms with Crippen molar-refractivity contribution in [2.75, 3.05) is 13.1 Å². The molecule has 0 spiro atoms. The zero-order chi connectivity index (χ0) is 24.4. The number of aryl methyl sites for hydroxylation is 1. The van der Waals surface area contributed by atoms with Crippen LogP contribution in [0.15, 0.2) is 72.9 Å². The fourth-order valence-electron chi connectivity index (χ4n) is 4.55. The van der Waals surface area contributed by atoms with Crippen molar-refractivity contribution >= 4 is 29.1 Å². The summed E-state index contributed by atoms with van der Waals surface area (Å²) in [6.45, 7) is 2.83. The van der Waals surface area contributed by atoms with Gasteiger partial charge < -0.3 is 9.88 Å². The molecule has 8 heteroatoms. The minimum absolute atomic E-state index is 0.116. The number of hydrogen-bond donors (Lipinski definition) is 1. The molecule has 1 fully saturated rings. The summed E-state index contributed by atoms with van der Waals surface area (Å²) in [6, 6.07) is 21.6. The van der Waals surface area contributed by atoms with E-state index < -0.39 is 0 Å². The second kappa shape index (κ2) is 10.3. The van der Waals surface area contributed by atoms with Crippen molar-refractivity contribution in [3.63, 3.8) is 0 Å². The summed E-state index contributed by atoms with van der Waals surface area (Å²) in [5.41, 5.74) is 4.10. The molecular weight excluding hydrogens is 481 g/mol. The second-order valence-corrected chi connectivity index (χ2v) is 9.75. The lowest BCUT2D eigenvalue weighted by Gasteiger charge is -2.32. The van der Waals surface area contributed by atoms with E-state index >= 15 is 0 Å². The molecule has 0 aliphatic carbocycles. The van der Waals surface area contributed by atoms with Crippen LogP contribution in [0.4, 0.5) is 0 Å². The first-order valence-electron chi connectivity index (χ1n) is 11.7. The molecule has 1 amide bonds. The maximum Gasteiger partial charge on any atom is 0.270 e. The summed E-state index contributed by atoms with van der Waals surface area (Å²) in [4.78, 5) is 15.9. The first-order chi connectivity index (χ1) is 17.0. The van der Waals surface area contributed by atoms with Crippen LogP contribution in [-0.2, 0) is 13.6 Å². The Morgan fingerprint density at radius 1 is 1.00 bits per heavy atom. The maximum atomic E-state index is 13.4. The molecule has 180 valence electrons. The summed E-state index contributed by atoms with van der Waals surface area (Å²) < 4.78 is 3.62. The van der Waals surface area contributed by atoms with E-state index in [-0.39, 0.29) is 11.9 Å². The standard InChI is InChI=1S/C27H27Cl2N5O/c1-32-13-5-8-25(32)24-17-26(34(31-24)21-9-10-22(28)23(29)16-21)27(35)30-20-11-14-33(15-12-20)18-19-6-3-2-4-7-19/h2-10,13,16-17,20H,11-12,14-15,18H2,1H3,(H,30,35). The number of nitrogens with one attached hydrogen (secondary N) is 1. The number of aromatic nitrogens is 3. The third kappa shape index (κ3) is 5.30. The lowest BCUT2D eigenvalue weighted by Crippen LogP contribution is -2.44. The van der Waals surface area contributed by atoms with Gasteiger partial charge in [-0.1, -0.05) is 53.5 Å². The molecule has 35 heavy (non-hydrogen) atoms. The molecule has 0 atom stereocenters. The van der Waals surface area contributed by atoms with Crippen LogP contribution in [0.25, 0.3) is 17.1 Å². The van der Waals surface area contributed by atoms with Gasteiger partial charge in [0.05, 0.1) is 21.4 Å². The Bertz CT molecular complexity index is 1320. The Balaban J connectivity index is 1.34. The number of carbonyl (C=O) groups is 1. The molecule has 0 bridgehead atoms. The van der Waals surface area contributed by atoms with Crippen molar-refractivity contribution in [2.24, 2.45) is 7.05 Å². The van der Waals surface area contributed by atoms with Gasteiger partial charge in [0.15, 0.2) is 0 Å². The van der Waals surface area contributed by atoms with Gasteiger partial charge in [-0.25, -0.2) is 4.68 Å². The topological polar surface area (TPSA) is 55.1 Å². The van der Waals surface area contributed by atoms with Crippen LogP contribution >= 0.6 is 23.2 Å². The van der Waals surface area contributed by atoms with Crippen molar-refractivity contribution in [1.29, 1.82) is 0 Å². The summed E-state index contributed by atoms with van der Waals surface area (Å²) in [7, 11) is 1.95. The van der Waals surface area contributed by atoms with Crippen molar-refractivity contribution in [3.8, 4) is 17.1 Å². The second-order valence-electron chi connectivity index (χ2n) is 8.94. The van der Waals surface area contributed by atoms with Gasteiger partial charge in [-0.05, 0) is 54.8 Å². The number of rotatable bonds is 6. The highest BCUT2D eigenvalue weighted by Gasteiger charge is 2.24. The van der Waals surface area contributed by atoms with Crippen LogP contribution in [0.3, 0.4) is 0 Å². The van der Waals surface area contributed by atoms with Crippen molar-refractivity contribution < 1.29 is 4.79 Å². The summed E-state index contributed by atoms with van der Waals surface area (Å²) in [5, 5.41) is 8.86. The monoisotopic (exact) mass is 507 g/mol. The molecule has 0 unspecified atom stereocenters. The molecule has 6 nitrogen and oxygen atoms in total. The summed E-state index contributed by atoms with van der Waals surface area (Å²) in [6.07, 6.45) is 3.77. The molecule has 1 aliphatic heterocycles. The minimum Gasteiger partial charge on any atom is -0.349 e. The average Bonchev–Trinajstić information content (AvgIpc) is 3.49. The third-order valence-electron chi connectivity index (χ3n) is 6.47. The summed E-state index contributed by atoms with van der Waals surface area (Å²) >= 11 is 12.4. The Morgan fingerprint density at radius 2 is 1.77 bits per heavy atom. The lowest BCUT2D eigenvalue weighted by molar-refractivity contribution is 0.0901. The normalized spacial score (nSPS) is 14.8. The van der Waals surface area contributed by atoms with E-state index in [1.165, 1.54) is 5.56 Å². The van der Waals surface area contributed by atoms with Crippen molar-refractivity contribution in [1.82, 2.24) is 24.6 Å². The smallest absolute Gasteiger partial charge is 0.270 e.